The topological polar surface area (TPSA) is 61.4 Å². The van der Waals surface area contributed by atoms with Crippen molar-refractivity contribution in [2.24, 2.45) is 0 Å². The maximum absolute atomic E-state index is 11.9. The van der Waals surface area contributed by atoms with Crippen LogP contribution in [0.3, 0.4) is 0 Å². The Hall–Kier alpha value is -0.820. The summed E-state index contributed by atoms with van der Waals surface area (Å²) in [7, 11) is 0. The zero-order chi connectivity index (χ0) is 12.3. The highest BCUT2D eigenvalue weighted by atomic mass is 127. The van der Waals surface area contributed by atoms with Gasteiger partial charge < -0.3 is 15.7 Å². The van der Waals surface area contributed by atoms with Gasteiger partial charge in [-0.15, -0.1) is 0 Å². The zero-order valence-electron chi connectivity index (χ0n) is 9.37. The van der Waals surface area contributed by atoms with Crippen LogP contribution in [0.4, 0.5) is 0 Å². The minimum Gasteiger partial charge on any atom is -0.507 e. The largest absolute Gasteiger partial charge is 0.507 e. The summed E-state index contributed by atoms with van der Waals surface area (Å²) in [6.07, 6.45) is 1.92. The number of phenolic OH excluding ortho intramolecular Hbond substituents is 1. The summed E-state index contributed by atoms with van der Waals surface area (Å²) in [6.45, 7) is 1.89. The van der Waals surface area contributed by atoms with Crippen LogP contribution < -0.4 is 10.6 Å². The Labute approximate surface area is 114 Å². The lowest BCUT2D eigenvalue weighted by atomic mass is 10.1. The highest BCUT2D eigenvalue weighted by Crippen LogP contribution is 2.20. The molecule has 1 fully saturated rings. The second-order valence-electron chi connectivity index (χ2n) is 4.16. The van der Waals surface area contributed by atoms with Gasteiger partial charge in [0.05, 0.1) is 3.57 Å². The van der Waals surface area contributed by atoms with Crippen LogP contribution in [-0.4, -0.2) is 30.1 Å². The Morgan fingerprint density at radius 3 is 2.76 bits per heavy atom. The van der Waals surface area contributed by atoms with Crippen LogP contribution >= 0.6 is 22.6 Å². The monoisotopic (exact) mass is 346 g/mol. The van der Waals surface area contributed by atoms with E-state index in [4.69, 9.17) is 0 Å². The predicted molar refractivity (Wildman–Crippen MR) is 74.2 cm³/mol. The lowest BCUT2D eigenvalue weighted by Gasteiger charge is -2.23. The average Bonchev–Trinajstić information content (AvgIpc) is 2.34. The molecule has 3 N–H and O–H groups in total. The second kappa shape index (κ2) is 5.68. The van der Waals surface area contributed by atoms with Gasteiger partial charge >= 0.3 is 0 Å². The normalized spacial score (nSPS) is 16.8. The molecule has 1 saturated heterocycles. The maximum Gasteiger partial charge on any atom is 0.251 e. The molecule has 0 atom stereocenters. The molecule has 0 bridgehead atoms. The summed E-state index contributed by atoms with van der Waals surface area (Å²) in [5.74, 6) is 0.0483. The van der Waals surface area contributed by atoms with Gasteiger partial charge in [-0.2, -0.15) is 0 Å². The predicted octanol–water partition coefficient (Wildman–Crippen LogP) is 1.48. The van der Waals surface area contributed by atoms with E-state index in [2.05, 4.69) is 10.6 Å². The highest BCUT2D eigenvalue weighted by Gasteiger charge is 2.16. The molecular weight excluding hydrogens is 331 g/mol. The van der Waals surface area contributed by atoms with Gasteiger partial charge in [-0.05, 0) is 66.7 Å². The number of carbonyl (C=O) groups is 1. The number of hydrogen-bond acceptors (Lipinski definition) is 3. The summed E-state index contributed by atoms with van der Waals surface area (Å²) in [6, 6.07) is 5.23. The number of rotatable bonds is 2. The fourth-order valence-corrected chi connectivity index (χ4v) is 2.22. The fraction of sp³-hybridized carbons (Fsp3) is 0.417. The SMILES string of the molecule is O=C(NC1CCNCC1)c1ccc(I)c(O)c1. The van der Waals surface area contributed by atoms with E-state index in [9.17, 15) is 9.90 Å². The third-order valence-corrected chi connectivity index (χ3v) is 3.79. The third-order valence-electron chi connectivity index (χ3n) is 2.88. The van der Waals surface area contributed by atoms with Gasteiger partial charge in [0.2, 0.25) is 0 Å². The van der Waals surface area contributed by atoms with E-state index >= 15 is 0 Å². The number of halogens is 1. The van der Waals surface area contributed by atoms with Crippen LogP contribution in [0.15, 0.2) is 18.2 Å². The van der Waals surface area contributed by atoms with Crippen molar-refractivity contribution >= 4 is 28.5 Å². The Balaban J connectivity index is 2.01. The molecule has 92 valence electrons. The van der Waals surface area contributed by atoms with Gasteiger partial charge in [-0.25, -0.2) is 0 Å². The molecule has 1 heterocycles. The molecule has 1 aromatic rings. The standard InChI is InChI=1S/C12H15IN2O2/c13-10-2-1-8(7-11(10)16)12(17)15-9-3-5-14-6-4-9/h1-2,7,9,14,16H,3-6H2,(H,15,17). The second-order valence-corrected chi connectivity index (χ2v) is 5.33. The number of piperidine rings is 1. The van der Waals surface area contributed by atoms with E-state index < -0.39 is 0 Å². The lowest BCUT2D eigenvalue weighted by molar-refractivity contribution is 0.0929. The molecule has 2 rings (SSSR count). The van der Waals surface area contributed by atoms with Gasteiger partial charge in [-0.1, -0.05) is 0 Å². The molecule has 4 nitrogen and oxygen atoms in total. The van der Waals surface area contributed by atoms with Crippen molar-refractivity contribution in [3.05, 3.63) is 27.3 Å². The van der Waals surface area contributed by atoms with Crippen LogP contribution in [0.2, 0.25) is 0 Å². The fourth-order valence-electron chi connectivity index (χ4n) is 1.89. The smallest absolute Gasteiger partial charge is 0.251 e. The molecule has 1 aromatic carbocycles. The van der Waals surface area contributed by atoms with Gasteiger partial charge in [0.15, 0.2) is 0 Å². The van der Waals surface area contributed by atoms with Crippen molar-refractivity contribution in [3.63, 3.8) is 0 Å². The van der Waals surface area contributed by atoms with Gasteiger partial charge in [0.1, 0.15) is 5.75 Å². The molecule has 1 amide bonds. The number of hydrogen-bond donors (Lipinski definition) is 3. The minimum atomic E-state index is -0.108. The molecule has 0 spiro atoms. The molecule has 1 aliphatic rings. The van der Waals surface area contributed by atoms with Gasteiger partial charge in [0.25, 0.3) is 5.91 Å². The van der Waals surface area contributed by atoms with Crippen LogP contribution in [0, 0.1) is 3.57 Å². The number of benzene rings is 1. The summed E-state index contributed by atoms with van der Waals surface area (Å²) in [5.41, 5.74) is 0.515. The maximum atomic E-state index is 11.9. The van der Waals surface area contributed by atoms with Crippen molar-refractivity contribution in [3.8, 4) is 5.75 Å². The number of phenols is 1. The van der Waals surface area contributed by atoms with E-state index in [1.807, 2.05) is 22.6 Å². The molecule has 0 unspecified atom stereocenters. The quantitative estimate of drug-likeness (QED) is 0.711. The first-order valence-corrected chi connectivity index (χ1v) is 6.75. The van der Waals surface area contributed by atoms with Crippen molar-refractivity contribution in [1.82, 2.24) is 10.6 Å². The number of amides is 1. The zero-order valence-corrected chi connectivity index (χ0v) is 11.5. The first kappa shape index (κ1) is 12.6. The van der Waals surface area contributed by atoms with Crippen molar-refractivity contribution < 1.29 is 9.90 Å². The Morgan fingerprint density at radius 1 is 1.41 bits per heavy atom. The molecule has 0 saturated carbocycles. The van der Waals surface area contributed by atoms with E-state index in [1.165, 1.54) is 6.07 Å². The van der Waals surface area contributed by atoms with Gasteiger partial charge in [0, 0.05) is 11.6 Å². The number of nitrogens with one attached hydrogen (secondary N) is 2. The molecule has 0 aliphatic carbocycles. The Bertz CT molecular complexity index is 417. The van der Waals surface area contributed by atoms with E-state index in [0.717, 1.165) is 29.5 Å². The summed E-state index contributed by atoms with van der Waals surface area (Å²) in [5, 5.41) is 15.8. The Morgan fingerprint density at radius 2 is 2.12 bits per heavy atom. The van der Waals surface area contributed by atoms with Crippen molar-refractivity contribution in [1.29, 1.82) is 0 Å². The minimum absolute atomic E-state index is 0.108. The lowest BCUT2D eigenvalue weighted by Crippen LogP contribution is -2.42. The molecule has 1 aliphatic heterocycles. The molecule has 0 aromatic heterocycles. The van der Waals surface area contributed by atoms with Crippen LogP contribution in [-0.2, 0) is 0 Å². The first-order chi connectivity index (χ1) is 8.16. The molecule has 0 radical (unpaired) electrons. The van der Waals surface area contributed by atoms with E-state index in [0.29, 0.717) is 5.56 Å². The third kappa shape index (κ3) is 3.32. The first-order valence-electron chi connectivity index (χ1n) is 5.67. The number of aromatic hydroxyl groups is 1. The van der Waals surface area contributed by atoms with Crippen LogP contribution in [0.1, 0.15) is 23.2 Å². The molecular formula is C12H15IN2O2. The summed E-state index contributed by atoms with van der Waals surface area (Å²) < 4.78 is 0.751. The molecule has 17 heavy (non-hydrogen) atoms. The van der Waals surface area contributed by atoms with Crippen LogP contribution in [0.5, 0.6) is 5.75 Å². The highest BCUT2D eigenvalue weighted by molar-refractivity contribution is 14.1. The Kier molecular flexibility index (Phi) is 4.22. The summed E-state index contributed by atoms with van der Waals surface area (Å²) in [4.78, 5) is 11.9. The van der Waals surface area contributed by atoms with E-state index in [1.54, 1.807) is 12.1 Å². The molecule has 5 heteroatoms. The summed E-state index contributed by atoms with van der Waals surface area (Å²) >= 11 is 2.03. The van der Waals surface area contributed by atoms with E-state index in [-0.39, 0.29) is 17.7 Å². The van der Waals surface area contributed by atoms with Crippen LogP contribution in [0.25, 0.3) is 0 Å². The number of carbonyl (C=O) groups excluding carboxylic acids is 1. The average molecular weight is 346 g/mol. The van der Waals surface area contributed by atoms with Gasteiger partial charge in [-0.3, -0.25) is 4.79 Å². The van der Waals surface area contributed by atoms with Crippen molar-refractivity contribution in [2.45, 2.75) is 18.9 Å². The van der Waals surface area contributed by atoms with Crippen molar-refractivity contribution in [2.75, 3.05) is 13.1 Å².